The number of ether oxygens (including phenoxy) is 2. The van der Waals surface area contributed by atoms with E-state index in [0.29, 0.717) is 6.42 Å². The summed E-state index contributed by atoms with van der Waals surface area (Å²) in [6.07, 6.45) is 4.18. The Bertz CT molecular complexity index is 400. The van der Waals surface area contributed by atoms with Gasteiger partial charge in [0.25, 0.3) is 0 Å². The van der Waals surface area contributed by atoms with Gasteiger partial charge < -0.3 is 9.47 Å². The number of hydrogen-bond acceptors (Lipinski definition) is 4. The zero-order chi connectivity index (χ0) is 12.8. The SMILES string of the molecule is CO[C@]12C=C[C@H](C(=O)[C@@]1(C)OC)[C@@H](C(C)=O)C2. The third-order valence-electron chi connectivity index (χ3n) is 4.40. The van der Waals surface area contributed by atoms with Crippen molar-refractivity contribution in [2.24, 2.45) is 11.8 Å². The van der Waals surface area contributed by atoms with Crippen LogP contribution in [-0.2, 0) is 19.1 Å². The lowest BCUT2D eigenvalue weighted by molar-refractivity contribution is -0.198. The van der Waals surface area contributed by atoms with Gasteiger partial charge in [0.05, 0.1) is 0 Å². The normalized spacial score (nSPS) is 44.1. The van der Waals surface area contributed by atoms with Crippen LogP contribution in [0.1, 0.15) is 20.3 Å². The predicted octanol–water partition coefficient (Wildman–Crippen LogP) is 1.14. The number of allylic oxidation sites excluding steroid dienone is 1. The molecule has 2 bridgehead atoms. The molecule has 94 valence electrons. The van der Waals surface area contributed by atoms with Gasteiger partial charge in [-0.15, -0.1) is 0 Å². The smallest absolute Gasteiger partial charge is 0.175 e. The van der Waals surface area contributed by atoms with Crippen LogP contribution in [0.25, 0.3) is 0 Å². The molecular formula is C13H18O4. The lowest BCUT2D eigenvalue weighted by Gasteiger charge is -2.54. The molecule has 0 radical (unpaired) electrons. The van der Waals surface area contributed by atoms with Crippen LogP contribution in [0.4, 0.5) is 0 Å². The molecule has 0 unspecified atom stereocenters. The van der Waals surface area contributed by atoms with E-state index in [1.807, 2.05) is 6.08 Å². The number of ketones is 2. The molecule has 4 nitrogen and oxygen atoms in total. The van der Waals surface area contributed by atoms with Crippen molar-refractivity contribution < 1.29 is 19.1 Å². The van der Waals surface area contributed by atoms with E-state index in [2.05, 4.69) is 0 Å². The summed E-state index contributed by atoms with van der Waals surface area (Å²) in [7, 11) is 3.06. The molecule has 0 aromatic carbocycles. The molecule has 0 saturated heterocycles. The first-order valence-electron chi connectivity index (χ1n) is 5.76. The molecule has 1 saturated carbocycles. The molecule has 1 fully saturated rings. The highest BCUT2D eigenvalue weighted by atomic mass is 16.6. The van der Waals surface area contributed by atoms with Crippen LogP contribution in [0, 0.1) is 11.8 Å². The van der Waals surface area contributed by atoms with Crippen molar-refractivity contribution in [3.63, 3.8) is 0 Å². The van der Waals surface area contributed by atoms with Crippen molar-refractivity contribution in [1.29, 1.82) is 0 Å². The Labute approximate surface area is 101 Å². The number of hydrogen-bond donors (Lipinski definition) is 0. The van der Waals surface area contributed by atoms with E-state index >= 15 is 0 Å². The monoisotopic (exact) mass is 238 g/mol. The van der Waals surface area contributed by atoms with E-state index in [1.54, 1.807) is 20.1 Å². The molecule has 0 amide bonds. The van der Waals surface area contributed by atoms with Gasteiger partial charge in [0.2, 0.25) is 0 Å². The van der Waals surface area contributed by atoms with E-state index < -0.39 is 11.2 Å². The number of carbonyl (C=O) groups excluding carboxylic acids is 2. The first-order chi connectivity index (χ1) is 7.92. The molecule has 0 heterocycles. The van der Waals surface area contributed by atoms with E-state index in [9.17, 15) is 9.59 Å². The number of Topliss-reactive ketones (excluding diaryl/α,β-unsaturated/α-hetero) is 2. The van der Waals surface area contributed by atoms with Gasteiger partial charge in [-0.3, -0.25) is 9.59 Å². The lowest BCUT2D eigenvalue weighted by atomic mass is 9.57. The van der Waals surface area contributed by atoms with Gasteiger partial charge in [-0.2, -0.15) is 0 Å². The molecule has 3 aliphatic carbocycles. The van der Waals surface area contributed by atoms with Gasteiger partial charge in [-0.25, -0.2) is 0 Å². The minimum atomic E-state index is -0.993. The molecule has 0 spiro atoms. The van der Waals surface area contributed by atoms with Crippen LogP contribution in [0.5, 0.6) is 0 Å². The van der Waals surface area contributed by atoms with Crippen LogP contribution in [0.2, 0.25) is 0 Å². The van der Waals surface area contributed by atoms with Gasteiger partial charge in [0.15, 0.2) is 11.4 Å². The van der Waals surface area contributed by atoms with Crippen molar-refractivity contribution in [2.45, 2.75) is 31.5 Å². The van der Waals surface area contributed by atoms with Crippen LogP contribution in [0.15, 0.2) is 12.2 Å². The van der Waals surface area contributed by atoms with E-state index in [4.69, 9.17) is 9.47 Å². The Morgan fingerprint density at radius 3 is 2.53 bits per heavy atom. The second-order valence-corrected chi connectivity index (χ2v) is 5.00. The van der Waals surface area contributed by atoms with E-state index in [1.165, 1.54) is 14.0 Å². The molecule has 17 heavy (non-hydrogen) atoms. The molecule has 0 aromatic heterocycles. The molecule has 0 aromatic rings. The van der Waals surface area contributed by atoms with E-state index in [-0.39, 0.29) is 23.4 Å². The third kappa shape index (κ3) is 1.37. The number of methoxy groups -OCH3 is 2. The summed E-state index contributed by atoms with van der Waals surface area (Å²) < 4.78 is 10.9. The molecule has 3 rings (SSSR count). The summed E-state index contributed by atoms with van der Waals surface area (Å²) in [5.41, 5.74) is -1.81. The van der Waals surface area contributed by atoms with Crippen molar-refractivity contribution in [2.75, 3.05) is 14.2 Å². The van der Waals surface area contributed by atoms with Crippen LogP contribution in [0.3, 0.4) is 0 Å². The lowest BCUT2D eigenvalue weighted by Crippen LogP contribution is -2.68. The maximum Gasteiger partial charge on any atom is 0.175 e. The Morgan fingerprint density at radius 1 is 1.41 bits per heavy atom. The number of carbonyl (C=O) groups is 2. The van der Waals surface area contributed by atoms with Crippen LogP contribution < -0.4 is 0 Å². The van der Waals surface area contributed by atoms with Crippen molar-refractivity contribution >= 4 is 11.6 Å². The topological polar surface area (TPSA) is 52.6 Å². The minimum Gasteiger partial charge on any atom is -0.371 e. The molecule has 4 heteroatoms. The summed E-state index contributed by atoms with van der Waals surface area (Å²) in [5, 5.41) is 0. The molecule has 0 aliphatic heterocycles. The van der Waals surface area contributed by atoms with Crippen molar-refractivity contribution in [3.8, 4) is 0 Å². The zero-order valence-electron chi connectivity index (χ0n) is 10.6. The summed E-state index contributed by atoms with van der Waals surface area (Å²) in [6.45, 7) is 3.27. The average molecular weight is 238 g/mol. The Balaban J connectivity index is 2.52. The average Bonchev–Trinajstić information content (AvgIpc) is 2.34. The number of rotatable bonds is 3. The number of fused-ring (bicyclic) bond motifs is 2. The highest BCUT2D eigenvalue weighted by Gasteiger charge is 2.63. The van der Waals surface area contributed by atoms with Gasteiger partial charge in [-0.1, -0.05) is 12.2 Å². The first-order valence-corrected chi connectivity index (χ1v) is 5.76. The fraction of sp³-hybridized carbons (Fsp3) is 0.692. The van der Waals surface area contributed by atoms with Gasteiger partial charge >= 0.3 is 0 Å². The minimum absolute atomic E-state index is 0.0345. The zero-order valence-corrected chi connectivity index (χ0v) is 10.6. The quantitative estimate of drug-likeness (QED) is 0.692. The highest BCUT2D eigenvalue weighted by molar-refractivity contribution is 5.99. The Morgan fingerprint density at radius 2 is 2.06 bits per heavy atom. The first kappa shape index (κ1) is 12.5. The summed E-state index contributed by atoms with van der Waals surface area (Å²) in [6, 6.07) is 0. The standard InChI is InChI=1S/C13H18O4/c1-8(14)10-7-13(17-4)6-5-9(10)11(15)12(13,2)16-3/h5-6,9-10H,7H2,1-4H3/t9-,10+,12+,13-/m0/s1. The largest absolute Gasteiger partial charge is 0.371 e. The summed E-state index contributed by atoms with van der Waals surface area (Å²) in [4.78, 5) is 24.0. The second kappa shape index (κ2) is 3.75. The van der Waals surface area contributed by atoms with Crippen LogP contribution >= 0.6 is 0 Å². The van der Waals surface area contributed by atoms with E-state index in [0.717, 1.165) is 0 Å². The van der Waals surface area contributed by atoms with Crippen molar-refractivity contribution in [3.05, 3.63) is 12.2 Å². The van der Waals surface area contributed by atoms with Gasteiger partial charge in [-0.05, 0) is 20.3 Å². The summed E-state index contributed by atoms with van der Waals surface area (Å²) >= 11 is 0. The summed E-state index contributed by atoms with van der Waals surface area (Å²) in [5.74, 6) is -0.673. The maximum atomic E-state index is 12.4. The maximum absolute atomic E-state index is 12.4. The van der Waals surface area contributed by atoms with Crippen LogP contribution in [-0.4, -0.2) is 37.0 Å². The van der Waals surface area contributed by atoms with Gasteiger partial charge in [0, 0.05) is 26.1 Å². The predicted molar refractivity (Wildman–Crippen MR) is 61.6 cm³/mol. The fourth-order valence-corrected chi connectivity index (χ4v) is 3.08. The fourth-order valence-electron chi connectivity index (χ4n) is 3.08. The highest BCUT2D eigenvalue weighted by Crippen LogP contribution is 2.50. The van der Waals surface area contributed by atoms with Crippen molar-refractivity contribution in [1.82, 2.24) is 0 Å². The third-order valence-corrected chi connectivity index (χ3v) is 4.40. The Kier molecular flexibility index (Phi) is 2.75. The Hall–Kier alpha value is -1.00. The second-order valence-electron chi connectivity index (χ2n) is 5.00. The molecule has 4 atom stereocenters. The molecule has 0 N–H and O–H groups in total. The molecule has 3 aliphatic rings. The molecular weight excluding hydrogens is 220 g/mol. The van der Waals surface area contributed by atoms with Gasteiger partial charge in [0.1, 0.15) is 11.4 Å².